The summed E-state index contributed by atoms with van der Waals surface area (Å²) in [5.41, 5.74) is 0.717. The highest BCUT2D eigenvalue weighted by Crippen LogP contribution is 2.51. The van der Waals surface area contributed by atoms with Crippen LogP contribution in [-0.2, 0) is 16.6 Å². The molecule has 19 heavy (non-hydrogen) atoms. The Morgan fingerprint density at radius 3 is 2.58 bits per heavy atom. The van der Waals surface area contributed by atoms with Crippen LogP contribution in [0.4, 0.5) is 0 Å². The Bertz CT molecular complexity index is 559. The fraction of sp³-hybridized carbons (Fsp3) is 0.750. The minimum atomic E-state index is -3.62. The highest BCUT2D eigenvalue weighted by molar-refractivity contribution is 7.89. The third-order valence-corrected chi connectivity index (χ3v) is 5.71. The number of aromatic amines is 1. The summed E-state index contributed by atoms with van der Waals surface area (Å²) in [4.78, 5) is 0.0783. The predicted molar refractivity (Wildman–Crippen MR) is 70.9 cm³/mol. The maximum absolute atomic E-state index is 12.3. The summed E-state index contributed by atoms with van der Waals surface area (Å²) in [5, 5.41) is 15.6. The van der Waals surface area contributed by atoms with E-state index in [2.05, 4.69) is 28.8 Å². The first-order valence-corrected chi connectivity index (χ1v) is 7.95. The van der Waals surface area contributed by atoms with E-state index in [0.717, 1.165) is 12.8 Å². The maximum atomic E-state index is 12.3. The number of H-pyrrole nitrogens is 1. The van der Waals surface area contributed by atoms with Crippen molar-refractivity contribution in [1.82, 2.24) is 14.9 Å². The minimum Gasteiger partial charge on any atom is -0.390 e. The van der Waals surface area contributed by atoms with Crippen LogP contribution in [0.1, 0.15) is 38.1 Å². The summed E-state index contributed by atoms with van der Waals surface area (Å²) in [7, 11) is -3.62. The number of aliphatic hydroxyl groups is 1. The largest absolute Gasteiger partial charge is 0.390 e. The lowest BCUT2D eigenvalue weighted by atomic mass is 9.93. The smallest absolute Gasteiger partial charge is 0.244 e. The molecule has 0 spiro atoms. The van der Waals surface area contributed by atoms with Gasteiger partial charge >= 0.3 is 0 Å². The van der Waals surface area contributed by atoms with E-state index in [4.69, 9.17) is 5.11 Å². The van der Waals surface area contributed by atoms with Gasteiger partial charge < -0.3 is 5.11 Å². The van der Waals surface area contributed by atoms with Gasteiger partial charge in [0.05, 0.1) is 12.3 Å². The molecule has 1 aromatic heterocycles. The van der Waals surface area contributed by atoms with Crippen molar-refractivity contribution in [1.29, 1.82) is 0 Å². The van der Waals surface area contributed by atoms with Crippen molar-refractivity contribution < 1.29 is 13.5 Å². The van der Waals surface area contributed by atoms with E-state index in [1.807, 2.05) is 0 Å². The van der Waals surface area contributed by atoms with Crippen LogP contribution in [0.2, 0.25) is 0 Å². The summed E-state index contributed by atoms with van der Waals surface area (Å²) in [6.07, 6.45) is 2.12. The van der Waals surface area contributed by atoms with Gasteiger partial charge in [0.15, 0.2) is 0 Å². The Hall–Kier alpha value is -0.920. The zero-order chi connectivity index (χ0) is 14.3. The fourth-order valence-electron chi connectivity index (χ4n) is 2.36. The zero-order valence-electron chi connectivity index (χ0n) is 11.5. The lowest BCUT2D eigenvalue weighted by molar-refractivity contribution is 0.273. The first kappa shape index (κ1) is 14.5. The van der Waals surface area contributed by atoms with Gasteiger partial charge in [0, 0.05) is 6.54 Å². The molecule has 1 heterocycles. The molecule has 2 rings (SSSR count). The zero-order valence-corrected chi connectivity index (χ0v) is 12.3. The Morgan fingerprint density at radius 2 is 2.11 bits per heavy atom. The van der Waals surface area contributed by atoms with E-state index in [-0.39, 0.29) is 16.0 Å². The quantitative estimate of drug-likeness (QED) is 0.725. The second-order valence-corrected chi connectivity index (χ2v) is 7.33. The van der Waals surface area contributed by atoms with E-state index in [1.54, 1.807) is 6.92 Å². The molecular formula is C12H21N3O3S. The molecule has 1 saturated carbocycles. The molecule has 108 valence electrons. The number of aryl methyl sites for hydroxylation is 1. The molecule has 1 aliphatic carbocycles. The number of nitrogens with one attached hydrogen (secondary N) is 2. The summed E-state index contributed by atoms with van der Waals surface area (Å²) >= 11 is 0. The van der Waals surface area contributed by atoms with Gasteiger partial charge in [-0.05, 0) is 31.1 Å². The van der Waals surface area contributed by atoms with Crippen molar-refractivity contribution in [3.8, 4) is 0 Å². The van der Waals surface area contributed by atoms with Gasteiger partial charge in [-0.3, -0.25) is 5.10 Å². The minimum absolute atomic E-state index is 0.0783. The third kappa shape index (κ3) is 2.68. The van der Waals surface area contributed by atoms with Crippen LogP contribution in [0, 0.1) is 18.3 Å². The molecule has 0 aromatic carbocycles. The topological polar surface area (TPSA) is 95.1 Å². The first-order chi connectivity index (χ1) is 8.82. The number of rotatable bonds is 6. The standard InChI is InChI=1S/C12H21N3O3S/c1-8(2)12(4-5-12)7-13-19(17,18)11-9(3)14-15-10(11)6-16/h8,13,16H,4-7H2,1-3H3,(H,14,15). The molecule has 1 aliphatic rings. The van der Waals surface area contributed by atoms with Gasteiger partial charge in [0.25, 0.3) is 0 Å². The molecule has 0 aliphatic heterocycles. The maximum Gasteiger partial charge on any atom is 0.244 e. The summed E-state index contributed by atoms with van der Waals surface area (Å²) in [5.74, 6) is 0.456. The summed E-state index contributed by atoms with van der Waals surface area (Å²) in [6.45, 7) is 5.92. The average molecular weight is 287 g/mol. The van der Waals surface area contributed by atoms with Crippen molar-refractivity contribution in [2.24, 2.45) is 11.3 Å². The molecule has 1 fully saturated rings. The Balaban J connectivity index is 2.17. The van der Waals surface area contributed by atoms with Crippen LogP contribution in [0.5, 0.6) is 0 Å². The van der Waals surface area contributed by atoms with Gasteiger partial charge in [-0.1, -0.05) is 13.8 Å². The molecule has 0 unspecified atom stereocenters. The number of sulfonamides is 1. The monoisotopic (exact) mass is 287 g/mol. The van der Waals surface area contributed by atoms with E-state index in [9.17, 15) is 8.42 Å². The lowest BCUT2D eigenvalue weighted by Gasteiger charge is -2.20. The van der Waals surface area contributed by atoms with E-state index < -0.39 is 16.6 Å². The van der Waals surface area contributed by atoms with Gasteiger partial charge in [-0.15, -0.1) is 0 Å². The molecule has 0 saturated heterocycles. The van der Waals surface area contributed by atoms with Crippen molar-refractivity contribution >= 4 is 10.0 Å². The number of aromatic nitrogens is 2. The van der Waals surface area contributed by atoms with Crippen LogP contribution in [-0.4, -0.2) is 30.3 Å². The van der Waals surface area contributed by atoms with Gasteiger partial charge in [-0.2, -0.15) is 5.10 Å². The number of hydrogen-bond acceptors (Lipinski definition) is 4. The lowest BCUT2D eigenvalue weighted by Crippen LogP contribution is -2.33. The summed E-state index contributed by atoms with van der Waals surface area (Å²) in [6, 6.07) is 0. The molecule has 0 radical (unpaired) electrons. The molecule has 7 heteroatoms. The van der Waals surface area contributed by atoms with Crippen molar-refractivity contribution in [2.45, 2.75) is 45.1 Å². The predicted octanol–water partition coefficient (Wildman–Crippen LogP) is 0.925. The SMILES string of the molecule is Cc1[nH]nc(CO)c1S(=O)(=O)NCC1(C(C)C)CC1. The van der Waals surface area contributed by atoms with E-state index in [1.165, 1.54) is 0 Å². The molecule has 0 amide bonds. The Morgan fingerprint density at radius 1 is 1.47 bits per heavy atom. The summed E-state index contributed by atoms with van der Waals surface area (Å²) < 4.78 is 27.3. The number of nitrogens with zero attached hydrogens (tertiary/aromatic N) is 1. The van der Waals surface area contributed by atoms with Crippen molar-refractivity contribution in [2.75, 3.05) is 6.54 Å². The Kier molecular flexibility index (Phi) is 3.72. The molecular weight excluding hydrogens is 266 g/mol. The normalized spacial score (nSPS) is 17.9. The third-order valence-electron chi connectivity index (χ3n) is 4.11. The average Bonchev–Trinajstić information content (AvgIpc) is 3.04. The highest BCUT2D eigenvalue weighted by atomic mass is 32.2. The molecule has 1 aromatic rings. The van der Waals surface area contributed by atoms with E-state index >= 15 is 0 Å². The van der Waals surface area contributed by atoms with Gasteiger partial charge in [-0.25, -0.2) is 13.1 Å². The highest BCUT2D eigenvalue weighted by Gasteiger charge is 2.46. The van der Waals surface area contributed by atoms with Crippen LogP contribution in [0.25, 0.3) is 0 Å². The number of hydrogen-bond donors (Lipinski definition) is 3. The van der Waals surface area contributed by atoms with Crippen molar-refractivity contribution in [3.05, 3.63) is 11.4 Å². The second-order valence-electron chi connectivity index (χ2n) is 5.62. The van der Waals surface area contributed by atoms with Crippen LogP contribution >= 0.6 is 0 Å². The van der Waals surface area contributed by atoms with E-state index in [0.29, 0.717) is 18.2 Å². The molecule has 3 N–H and O–H groups in total. The van der Waals surface area contributed by atoms with Gasteiger partial charge in [0.2, 0.25) is 10.0 Å². The van der Waals surface area contributed by atoms with Crippen LogP contribution < -0.4 is 4.72 Å². The first-order valence-electron chi connectivity index (χ1n) is 6.47. The van der Waals surface area contributed by atoms with Crippen LogP contribution in [0.15, 0.2) is 4.90 Å². The molecule has 6 nitrogen and oxygen atoms in total. The fourth-order valence-corrected chi connectivity index (χ4v) is 3.85. The number of aliphatic hydroxyl groups excluding tert-OH is 1. The molecule has 0 bridgehead atoms. The van der Waals surface area contributed by atoms with Crippen molar-refractivity contribution in [3.63, 3.8) is 0 Å². The second kappa shape index (κ2) is 4.88. The van der Waals surface area contributed by atoms with Gasteiger partial charge in [0.1, 0.15) is 10.6 Å². The Labute approximate surface area is 113 Å². The molecule has 0 atom stereocenters. The van der Waals surface area contributed by atoms with Crippen LogP contribution in [0.3, 0.4) is 0 Å².